The molecule has 0 saturated carbocycles. The van der Waals surface area contributed by atoms with Crippen LogP contribution in [0.25, 0.3) is 0 Å². The second-order valence-electron chi connectivity index (χ2n) is 3.35. The van der Waals surface area contributed by atoms with Crippen LogP contribution in [0.3, 0.4) is 0 Å². The van der Waals surface area contributed by atoms with Gasteiger partial charge in [-0.3, -0.25) is 4.79 Å². The van der Waals surface area contributed by atoms with E-state index in [1.165, 1.54) is 11.1 Å². The third-order valence-corrected chi connectivity index (χ3v) is 2.53. The van der Waals surface area contributed by atoms with E-state index >= 15 is 0 Å². The molecule has 0 spiro atoms. The van der Waals surface area contributed by atoms with Gasteiger partial charge in [0.05, 0.1) is 0 Å². The van der Waals surface area contributed by atoms with Gasteiger partial charge in [-0.1, -0.05) is 24.3 Å². The van der Waals surface area contributed by atoms with Crippen molar-refractivity contribution in [2.75, 3.05) is 13.7 Å². The van der Waals surface area contributed by atoms with Crippen LogP contribution >= 0.6 is 0 Å². The first-order valence-corrected chi connectivity index (χ1v) is 4.42. The summed E-state index contributed by atoms with van der Waals surface area (Å²) in [4.78, 5) is 11.5. The first-order chi connectivity index (χ1) is 6.33. The van der Waals surface area contributed by atoms with Crippen molar-refractivity contribution in [3.05, 3.63) is 35.4 Å². The summed E-state index contributed by atoms with van der Waals surface area (Å²) in [5.74, 6) is 0.289. The van der Waals surface area contributed by atoms with Crippen molar-refractivity contribution in [3.63, 3.8) is 0 Å². The monoisotopic (exact) mass is 176 g/mol. The predicted molar refractivity (Wildman–Crippen MR) is 49.8 cm³/mol. The number of ketones is 1. The average Bonchev–Trinajstić information content (AvgIpc) is 2.07. The maximum Gasteiger partial charge on any atom is 0.166 e. The molecular formula is C11H12O2. The summed E-state index contributed by atoms with van der Waals surface area (Å²) in [5, 5.41) is 0. The number of hydrogen-bond donors (Lipinski definition) is 0. The van der Waals surface area contributed by atoms with Crippen LogP contribution in [-0.4, -0.2) is 19.5 Å². The summed E-state index contributed by atoms with van der Waals surface area (Å²) in [6.45, 7) is 0.235. The van der Waals surface area contributed by atoms with E-state index in [0.29, 0.717) is 0 Å². The minimum absolute atomic E-state index is 0.0937. The molecule has 0 N–H and O–H groups in total. The highest BCUT2D eigenvalue weighted by Gasteiger charge is 2.30. The lowest BCUT2D eigenvalue weighted by Gasteiger charge is -2.28. The fourth-order valence-electron chi connectivity index (χ4n) is 1.79. The van der Waals surface area contributed by atoms with Crippen LogP contribution in [0, 0.1) is 0 Å². The summed E-state index contributed by atoms with van der Waals surface area (Å²) < 4.78 is 4.83. The molecule has 1 aromatic rings. The van der Waals surface area contributed by atoms with Gasteiger partial charge >= 0.3 is 0 Å². The van der Waals surface area contributed by atoms with E-state index in [1.807, 2.05) is 18.2 Å². The van der Waals surface area contributed by atoms with Crippen molar-refractivity contribution in [2.24, 2.45) is 0 Å². The summed E-state index contributed by atoms with van der Waals surface area (Å²) in [6.07, 6.45) is 0.887. The lowest BCUT2D eigenvalue weighted by molar-refractivity contribution is -0.124. The van der Waals surface area contributed by atoms with Gasteiger partial charge < -0.3 is 4.74 Å². The minimum atomic E-state index is 0.0937. The fourth-order valence-corrected chi connectivity index (χ4v) is 1.79. The molecular weight excluding hydrogens is 164 g/mol. The summed E-state index contributed by atoms with van der Waals surface area (Å²) in [6, 6.07) is 8.09. The zero-order valence-electron chi connectivity index (χ0n) is 7.62. The number of Topliss-reactive ketones (excluding diaryl/α,β-unsaturated/α-hetero) is 1. The number of fused-ring (bicyclic) bond motifs is 1. The Morgan fingerprint density at radius 3 is 3.00 bits per heavy atom. The Balaban J connectivity index is 2.13. The topological polar surface area (TPSA) is 26.3 Å². The maximum absolute atomic E-state index is 11.5. The molecule has 2 nitrogen and oxygen atoms in total. The van der Waals surface area contributed by atoms with Gasteiger partial charge in [0, 0.05) is 13.0 Å². The first kappa shape index (κ1) is 8.45. The normalized spacial score (nSPS) is 19.0. The van der Waals surface area contributed by atoms with Gasteiger partial charge in [-0.25, -0.2) is 0 Å². The van der Waals surface area contributed by atoms with Crippen molar-refractivity contribution in [2.45, 2.75) is 12.3 Å². The second kappa shape index (κ2) is 3.30. The summed E-state index contributed by atoms with van der Waals surface area (Å²) in [5.41, 5.74) is 2.49. The minimum Gasteiger partial charge on any atom is -0.377 e. The van der Waals surface area contributed by atoms with Crippen molar-refractivity contribution < 1.29 is 9.53 Å². The van der Waals surface area contributed by atoms with Gasteiger partial charge in [-0.05, 0) is 17.5 Å². The smallest absolute Gasteiger partial charge is 0.166 e. The molecule has 1 aromatic carbocycles. The Hall–Kier alpha value is -1.15. The van der Waals surface area contributed by atoms with E-state index in [4.69, 9.17) is 4.74 Å². The van der Waals surface area contributed by atoms with Crippen LogP contribution in [-0.2, 0) is 16.0 Å². The zero-order valence-corrected chi connectivity index (χ0v) is 7.62. The number of rotatable bonds is 3. The van der Waals surface area contributed by atoms with E-state index in [2.05, 4.69) is 6.07 Å². The first-order valence-electron chi connectivity index (χ1n) is 4.42. The Bertz CT molecular complexity index is 331. The summed E-state index contributed by atoms with van der Waals surface area (Å²) >= 11 is 0. The Labute approximate surface area is 77.5 Å². The number of methoxy groups -OCH3 is 1. The third kappa shape index (κ3) is 1.38. The van der Waals surface area contributed by atoms with E-state index < -0.39 is 0 Å². The number of benzene rings is 1. The average molecular weight is 176 g/mol. The Morgan fingerprint density at radius 1 is 1.54 bits per heavy atom. The van der Waals surface area contributed by atoms with E-state index in [-0.39, 0.29) is 18.3 Å². The summed E-state index contributed by atoms with van der Waals surface area (Å²) in [7, 11) is 1.56. The van der Waals surface area contributed by atoms with Crippen LogP contribution in [0.15, 0.2) is 24.3 Å². The molecule has 0 amide bonds. The van der Waals surface area contributed by atoms with Gasteiger partial charge in [0.1, 0.15) is 6.61 Å². The van der Waals surface area contributed by atoms with Gasteiger partial charge in [0.15, 0.2) is 5.78 Å². The lowest BCUT2D eigenvalue weighted by Crippen LogP contribution is -2.27. The van der Waals surface area contributed by atoms with Crippen molar-refractivity contribution in [3.8, 4) is 0 Å². The number of carbonyl (C=O) groups is 1. The molecule has 0 bridgehead atoms. The molecule has 0 heterocycles. The predicted octanol–water partition coefficient (Wildman–Crippen LogP) is 1.54. The van der Waals surface area contributed by atoms with Crippen LogP contribution < -0.4 is 0 Å². The van der Waals surface area contributed by atoms with Gasteiger partial charge in [-0.2, -0.15) is 0 Å². The van der Waals surface area contributed by atoms with Gasteiger partial charge in [-0.15, -0.1) is 0 Å². The molecule has 68 valence electrons. The van der Waals surface area contributed by atoms with Gasteiger partial charge in [0.25, 0.3) is 0 Å². The molecule has 1 aliphatic carbocycles. The molecule has 0 radical (unpaired) electrons. The van der Waals surface area contributed by atoms with Gasteiger partial charge in [0.2, 0.25) is 0 Å². The third-order valence-electron chi connectivity index (χ3n) is 2.53. The van der Waals surface area contributed by atoms with Crippen molar-refractivity contribution >= 4 is 5.78 Å². The lowest BCUT2D eigenvalue weighted by atomic mass is 9.75. The van der Waals surface area contributed by atoms with E-state index in [0.717, 1.165) is 6.42 Å². The quantitative estimate of drug-likeness (QED) is 0.698. The molecule has 0 saturated heterocycles. The van der Waals surface area contributed by atoms with Crippen LogP contribution in [0.5, 0.6) is 0 Å². The standard InChI is InChI=1S/C11H12O2/c1-13-7-11(12)10-6-8-4-2-3-5-9(8)10/h2-5,10H,6-7H2,1H3. The van der Waals surface area contributed by atoms with Crippen molar-refractivity contribution in [1.82, 2.24) is 0 Å². The van der Waals surface area contributed by atoms with Crippen LogP contribution in [0.1, 0.15) is 17.0 Å². The Kier molecular flexibility index (Phi) is 2.15. The zero-order chi connectivity index (χ0) is 9.26. The van der Waals surface area contributed by atoms with E-state index in [1.54, 1.807) is 7.11 Å². The molecule has 2 rings (SSSR count). The molecule has 1 aliphatic rings. The highest BCUT2D eigenvalue weighted by atomic mass is 16.5. The molecule has 13 heavy (non-hydrogen) atoms. The Morgan fingerprint density at radius 2 is 2.31 bits per heavy atom. The number of hydrogen-bond acceptors (Lipinski definition) is 2. The highest BCUT2D eigenvalue weighted by Crippen LogP contribution is 2.35. The second-order valence-corrected chi connectivity index (χ2v) is 3.35. The highest BCUT2D eigenvalue weighted by molar-refractivity contribution is 5.89. The molecule has 0 aliphatic heterocycles. The molecule has 1 atom stereocenters. The molecule has 2 heteroatoms. The van der Waals surface area contributed by atoms with Crippen LogP contribution in [0.2, 0.25) is 0 Å². The largest absolute Gasteiger partial charge is 0.377 e. The fraction of sp³-hybridized carbons (Fsp3) is 0.364. The van der Waals surface area contributed by atoms with Crippen LogP contribution in [0.4, 0.5) is 0 Å². The molecule has 0 fully saturated rings. The van der Waals surface area contributed by atoms with Crippen molar-refractivity contribution in [1.29, 1.82) is 0 Å². The maximum atomic E-state index is 11.5. The molecule has 0 aromatic heterocycles. The number of carbonyl (C=O) groups excluding carboxylic acids is 1. The SMILES string of the molecule is COCC(=O)C1Cc2ccccc21. The molecule has 1 unspecified atom stereocenters. The van der Waals surface area contributed by atoms with E-state index in [9.17, 15) is 4.79 Å². The number of ether oxygens (including phenoxy) is 1.